The van der Waals surface area contributed by atoms with Gasteiger partial charge in [-0.2, -0.15) is 5.48 Å². The van der Waals surface area contributed by atoms with E-state index in [9.17, 15) is 9.59 Å². The molecule has 2 N–H and O–H groups in total. The third-order valence-electron chi connectivity index (χ3n) is 0.889. The number of hydrogen-bond donors (Lipinski definition) is 2. The van der Waals surface area contributed by atoms with Crippen molar-refractivity contribution in [1.29, 1.82) is 0 Å². The van der Waals surface area contributed by atoms with E-state index in [0.29, 0.717) is 0 Å². The molecule has 0 rings (SSSR count). The van der Waals surface area contributed by atoms with E-state index in [1.54, 1.807) is 0 Å². The van der Waals surface area contributed by atoms with E-state index < -0.39 is 17.8 Å². The van der Waals surface area contributed by atoms with Crippen LogP contribution in [0.15, 0.2) is 0 Å². The first-order valence-corrected chi connectivity index (χ1v) is 2.61. The lowest BCUT2D eigenvalue weighted by Crippen LogP contribution is -2.41. The van der Waals surface area contributed by atoms with Crippen LogP contribution in [0.4, 0.5) is 0 Å². The molecule has 5 nitrogen and oxygen atoms in total. The Morgan fingerprint density at radius 3 is 2.20 bits per heavy atom. The van der Waals surface area contributed by atoms with E-state index >= 15 is 0 Å². The van der Waals surface area contributed by atoms with Crippen molar-refractivity contribution >= 4 is 11.8 Å². The fourth-order valence-electron chi connectivity index (χ4n) is 0.425. The quantitative estimate of drug-likeness (QED) is 0.401. The number of Topliss-reactive ketones (excluding diaryl/α,β-unsaturated/α-hetero) is 1. The number of ketones is 1. The van der Waals surface area contributed by atoms with Gasteiger partial charge in [-0.25, -0.2) is 4.79 Å². The smallest absolute Gasteiger partial charge is 0.330 e. The molecule has 0 aliphatic rings. The van der Waals surface area contributed by atoms with Crippen LogP contribution in [0.1, 0.15) is 6.92 Å². The van der Waals surface area contributed by atoms with E-state index in [1.165, 1.54) is 14.0 Å². The van der Waals surface area contributed by atoms with Gasteiger partial charge in [0.2, 0.25) is 0 Å². The highest BCUT2D eigenvalue weighted by molar-refractivity contribution is 6.00. The second-order valence-corrected chi connectivity index (χ2v) is 1.70. The van der Waals surface area contributed by atoms with Crippen molar-refractivity contribution in [2.45, 2.75) is 13.0 Å². The van der Waals surface area contributed by atoms with Crippen LogP contribution in [0.25, 0.3) is 0 Å². The maximum atomic E-state index is 10.5. The summed E-state index contributed by atoms with van der Waals surface area (Å²) in [6, 6.07) is -1.26. The Labute approximate surface area is 57.9 Å². The van der Waals surface area contributed by atoms with Crippen LogP contribution in [0.5, 0.6) is 0 Å². The van der Waals surface area contributed by atoms with Gasteiger partial charge in [0.25, 0.3) is 0 Å². The highest BCUT2D eigenvalue weighted by Gasteiger charge is 2.21. The predicted octanol–water partition coefficient (Wildman–Crippen LogP) is -0.820. The first-order chi connectivity index (χ1) is 4.59. The molecule has 0 fully saturated rings. The van der Waals surface area contributed by atoms with Crippen LogP contribution in [0.3, 0.4) is 0 Å². The Hall–Kier alpha value is -0.940. The summed E-state index contributed by atoms with van der Waals surface area (Å²) in [4.78, 5) is 24.9. The van der Waals surface area contributed by atoms with Gasteiger partial charge in [-0.05, 0) is 6.92 Å². The number of aliphatic carboxylic acids is 1. The zero-order chi connectivity index (χ0) is 8.15. The molecule has 0 aliphatic heterocycles. The first-order valence-electron chi connectivity index (χ1n) is 2.61. The molecule has 0 spiro atoms. The Morgan fingerprint density at radius 2 is 2.10 bits per heavy atom. The lowest BCUT2D eigenvalue weighted by atomic mass is 10.2. The van der Waals surface area contributed by atoms with E-state index in [2.05, 4.69) is 4.84 Å². The van der Waals surface area contributed by atoms with Gasteiger partial charge in [0.15, 0.2) is 11.8 Å². The molecule has 0 radical (unpaired) electrons. The largest absolute Gasteiger partial charge is 0.480 e. The van der Waals surface area contributed by atoms with Crippen LogP contribution in [-0.2, 0) is 14.4 Å². The molecule has 0 saturated heterocycles. The van der Waals surface area contributed by atoms with Gasteiger partial charge in [-0.15, -0.1) is 0 Å². The van der Waals surface area contributed by atoms with Crippen molar-refractivity contribution in [2.75, 3.05) is 7.11 Å². The minimum Gasteiger partial charge on any atom is -0.480 e. The highest BCUT2D eigenvalue weighted by atomic mass is 16.6. The highest BCUT2D eigenvalue weighted by Crippen LogP contribution is 1.84. The van der Waals surface area contributed by atoms with Crippen LogP contribution in [0, 0.1) is 0 Å². The number of carboxylic acid groups (broad SMARTS) is 1. The summed E-state index contributed by atoms with van der Waals surface area (Å²) in [6.07, 6.45) is 0. The minimum atomic E-state index is -1.26. The second kappa shape index (κ2) is 3.97. The van der Waals surface area contributed by atoms with E-state index in [-0.39, 0.29) is 0 Å². The summed E-state index contributed by atoms with van der Waals surface area (Å²) in [6.45, 7) is 1.17. The van der Waals surface area contributed by atoms with Crippen LogP contribution in [-0.4, -0.2) is 30.0 Å². The average Bonchev–Trinajstić information content (AvgIpc) is 1.81. The van der Waals surface area contributed by atoms with E-state index in [1.807, 2.05) is 5.48 Å². The molecular formula is C5H9NO4. The molecular weight excluding hydrogens is 138 g/mol. The van der Waals surface area contributed by atoms with Gasteiger partial charge in [0.1, 0.15) is 0 Å². The number of carboxylic acids is 1. The standard InChI is InChI=1S/C5H9NO4/c1-3(7)4(5(8)9)6-10-2/h4,6H,1-2H3,(H,8,9). The third kappa shape index (κ3) is 2.56. The first kappa shape index (κ1) is 9.06. The Balaban J connectivity index is 3.98. The Morgan fingerprint density at radius 1 is 1.60 bits per heavy atom. The Kier molecular flexibility index (Phi) is 3.60. The van der Waals surface area contributed by atoms with E-state index in [4.69, 9.17) is 5.11 Å². The lowest BCUT2D eigenvalue weighted by molar-refractivity contribution is -0.147. The molecule has 0 aromatic heterocycles. The fraction of sp³-hybridized carbons (Fsp3) is 0.600. The van der Waals surface area contributed by atoms with Crippen molar-refractivity contribution in [3.05, 3.63) is 0 Å². The topological polar surface area (TPSA) is 75.6 Å². The molecule has 0 saturated carbocycles. The molecule has 0 bridgehead atoms. The van der Waals surface area contributed by atoms with Gasteiger partial charge in [-0.3, -0.25) is 4.79 Å². The van der Waals surface area contributed by atoms with Gasteiger partial charge in [0.05, 0.1) is 7.11 Å². The molecule has 10 heavy (non-hydrogen) atoms. The monoisotopic (exact) mass is 147 g/mol. The third-order valence-corrected chi connectivity index (χ3v) is 0.889. The molecule has 1 unspecified atom stereocenters. The fourth-order valence-corrected chi connectivity index (χ4v) is 0.425. The van der Waals surface area contributed by atoms with Crippen LogP contribution >= 0.6 is 0 Å². The number of carbonyl (C=O) groups excluding carboxylic acids is 1. The number of hydroxylamine groups is 1. The summed E-state index contributed by atoms with van der Waals surface area (Å²) in [7, 11) is 1.25. The maximum Gasteiger partial charge on any atom is 0.330 e. The molecule has 0 heterocycles. The van der Waals surface area contributed by atoms with Gasteiger partial charge < -0.3 is 9.94 Å². The van der Waals surface area contributed by atoms with Gasteiger partial charge in [-0.1, -0.05) is 0 Å². The zero-order valence-electron chi connectivity index (χ0n) is 5.75. The number of nitrogens with one attached hydrogen (secondary N) is 1. The molecule has 0 aliphatic carbocycles. The van der Waals surface area contributed by atoms with Crippen molar-refractivity contribution in [1.82, 2.24) is 5.48 Å². The van der Waals surface area contributed by atoms with Crippen molar-refractivity contribution < 1.29 is 19.5 Å². The second-order valence-electron chi connectivity index (χ2n) is 1.70. The summed E-state index contributed by atoms with van der Waals surface area (Å²) in [5.74, 6) is -1.73. The zero-order valence-corrected chi connectivity index (χ0v) is 5.75. The summed E-state index contributed by atoms with van der Waals surface area (Å²) >= 11 is 0. The number of hydrogen-bond acceptors (Lipinski definition) is 4. The van der Waals surface area contributed by atoms with Crippen molar-refractivity contribution in [2.24, 2.45) is 0 Å². The Bertz CT molecular complexity index is 131. The lowest BCUT2D eigenvalue weighted by Gasteiger charge is -2.07. The number of carbonyl (C=O) groups is 2. The minimum absolute atomic E-state index is 0.491. The summed E-state index contributed by atoms with van der Waals surface area (Å²) < 4.78 is 0. The van der Waals surface area contributed by atoms with E-state index in [0.717, 1.165) is 0 Å². The SMILES string of the molecule is CONC(C(C)=O)C(=O)O. The van der Waals surface area contributed by atoms with Crippen LogP contribution < -0.4 is 5.48 Å². The molecule has 0 amide bonds. The molecule has 0 aromatic carbocycles. The molecule has 5 heteroatoms. The van der Waals surface area contributed by atoms with Crippen molar-refractivity contribution in [3.8, 4) is 0 Å². The maximum absolute atomic E-state index is 10.5. The average molecular weight is 147 g/mol. The summed E-state index contributed by atoms with van der Waals surface area (Å²) in [5, 5.41) is 8.31. The van der Waals surface area contributed by atoms with Gasteiger partial charge >= 0.3 is 5.97 Å². The van der Waals surface area contributed by atoms with Gasteiger partial charge in [0, 0.05) is 0 Å². The normalized spacial score (nSPS) is 12.6. The molecule has 1 atom stereocenters. The van der Waals surface area contributed by atoms with Crippen molar-refractivity contribution in [3.63, 3.8) is 0 Å². The number of rotatable bonds is 4. The molecule has 0 aromatic rings. The van der Waals surface area contributed by atoms with Crippen LogP contribution in [0.2, 0.25) is 0 Å². The summed E-state index contributed by atoms with van der Waals surface area (Å²) in [5.41, 5.74) is 2.03. The molecule has 58 valence electrons. The predicted molar refractivity (Wildman–Crippen MR) is 32.2 cm³/mol.